The predicted molar refractivity (Wildman–Crippen MR) is 42.7 cm³/mol. The highest BCUT2D eigenvalue weighted by atomic mass is 14.9. The number of nitrogens with one attached hydrogen (secondary N) is 1. The van der Waals surface area contributed by atoms with Crippen molar-refractivity contribution in [1.29, 1.82) is 0 Å². The van der Waals surface area contributed by atoms with Crippen LogP contribution in [-0.4, -0.2) is 19.8 Å². The first-order valence-corrected chi connectivity index (χ1v) is 3.55. The normalized spacial score (nSPS) is 17.9. The van der Waals surface area contributed by atoms with Crippen LogP contribution in [0.5, 0.6) is 0 Å². The molecule has 52 valence electrons. The van der Waals surface area contributed by atoms with E-state index >= 15 is 0 Å². The van der Waals surface area contributed by atoms with Gasteiger partial charge in [0.15, 0.2) is 0 Å². The van der Waals surface area contributed by atoms with Gasteiger partial charge in [-0.1, -0.05) is 20.8 Å². The number of hydrogen-bond donors (Lipinski definition) is 1. The molecule has 9 heavy (non-hydrogen) atoms. The minimum Gasteiger partial charge on any atom is -0.320 e. The average molecular weight is 125 g/mol. The molecule has 0 aromatic heterocycles. The zero-order valence-electron chi connectivity index (χ0n) is 6.81. The van der Waals surface area contributed by atoms with E-state index in [9.17, 15) is 0 Å². The molecule has 1 nitrogen and oxygen atoms in total. The van der Waals surface area contributed by atoms with Crippen LogP contribution in [0.15, 0.2) is 0 Å². The fourth-order valence-electron chi connectivity index (χ4n) is 0.607. The smallest absolute Gasteiger partial charge is 0.0903 e. The highest BCUT2D eigenvalue weighted by Crippen LogP contribution is 1.99. The maximum Gasteiger partial charge on any atom is 0.0903 e. The molecule has 0 fully saturated rings. The molecule has 2 heteroatoms. The summed E-state index contributed by atoms with van der Waals surface area (Å²) in [5.41, 5.74) is 0. The predicted octanol–water partition coefficient (Wildman–Crippen LogP) is 1.13. The average Bonchev–Trinajstić information content (AvgIpc) is 1.63. The van der Waals surface area contributed by atoms with E-state index in [-0.39, 0.29) is 5.94 Å². The molecule has 0 amide bonds. The van der Waals surface area contributed by atoms with Gasteiger partial charge in [-0.25, -0.2) is 0 Å². The van der Waals surface area contributed by atoms with Gasteiger partial charge < -0.3 is 5.32 Å². The first-order valence-electron chi connectivity index (χ1n) is 3.55. The maximum atomic E-state index is 5.52. The van der Waals surface area contributed by atoms with Crippen molar-refractivity contribution >= 4 is 7.85 Å². The van der Waals surface area contributed by atoms with Crippen LogP contribution in [0, 0.1) is 5.92 Å². The topological polar surface area (TPSA) is 12.0 Å². The van der Waals surface area contributed by atoms with E-state index in [1.54, 1.807) is 0 Å². The van der Waals surface area contributed by atoms with E-state index in [0.717, 1.165) is 0 Å². The van der Waals surface area contributed by atoms with Crippen LogP contribution in [0.1, 0.15) is 27.7 Å². The molecular formula is C7H16BN. The van der Waals surface area contributed by atoms with Crippen molar-refractivity contribution < 1.29 is 0 Å². The summed E-state index contributed by atoms with van der Waals surface area (Å²) in [7, 11) is 5.52. The zero-order valence-corrected chi connectivity index (χ0v) is 6.81. The summed E-state index contributed by atoms with van der Waals surface area (Å²) in [5, 5.41) is 3.22. The molecule has 0 saturated heterocycles. The van der Waals surface area contributed by atoms with Crippen molar-refractivity contribution in [3.63, 3.8) is 0 Å². The van der Waals surface area contributed by atoms with E-state index in [0.29, 0.717) is 12.0 Å². The highest BCUT2D eigenvalue weighted by molar-refractivity contribution is 6.11. The number of rotatable bonds is 3. The van der Waals surface area contributed by atoms with Crippen molar-refractivity contribution in [1.82, 2.24) is 5.32 Å². The van der Waals surface area contributed by atoms with Crippen LogP contribution in [0.2, 0.25) is 0 Å². The summed E-state index contributed by atoms with van der Waals surface area (Å²) in [6, 6.07) is 0.519. The summed E-state index contributed by atoms with van der Waals surface area (Å²) < 4.78 is 0. The molecule has 2 atom stereocenters. The molecule has 0 aliphatic heterocycles. The maximum absolute atomic E-state index is 5.52. The van der Waals surface area contributed by atoms with Gasteiger partial charge in [0, 0.05) is 6.04 Å². The third kappa shape index (κ3) is 4.52. The minimum atomic E-state index is 0.113. The van der Waals surface area contributed by atoms with E-state index < -0.39 is 0 Å². The third-order valence-corrected chi connectivity index (χ3v) is 1.53. The van der Waals surface area contributed by atoms with Crippen LogP contribution in [0.3, 0.4) is 0 Å². The first kappa shape index (κ1) is 9.02. The summed E-state index contributed by atoms with van der Waals surface area (Å²) in [4.78, 5) is 0. The monoisotopic (exact) mass is 125 g/mol. The van der Waals surface area contributed by atoms with Crippen molar-refractivity contribution in [2.24, 2.45) is 5.92 Å². The summed E-state index contributed by atoms with van der Waals surface area (Å²) in [6.07, 6.45) is 0. The van der Waals surface area contributed by atoms with Gasteiger partial charge in [0.2, 0.25) is 0 Å². The Morgan fingerprint density at radius 1 is 1.11 bits per heavy atom. The SMILES string of the molecule is [B]C(C)NC(C)C(C)C. The second kappa shape index (κ2) is 3.94. The van der Waals surface area contributed by atoms with Crippen LogP contribution in [0.25, 0.3) is 0 Å². The van der Waals surface area contributed by atoms with Crippen molar-refractivity contribution in [3.05, 3.63) is 0 Å². The Kier molecular flexibility index (Phi) is 3.95. The van der Waals surface area contributed by atoms with Gasteiger partial charge in [-0.15, -0.1) is 0 Å². The van der Waals surface area contributed by atoms with Crippen molar-refractivity contribution in [3.8, 4) is 0 Å². The highest BCUT2D eigenvalue weighted by Gasteiger charge is 2.05. The van der Waals surface area contributed by atoms with E-state index in [1.807, 2.05) is 6.92 Å². The molecule has 0 aromatic rings. The Labute approximate surface area is 59.6 Å². The quantitative estimate of drug-likeness (QED) is 0.557. The summed E-state index contributed by atoms with van der Waals surface area (Å²) in [6.45, 7) is 8.47. The lowest BCUT2D eigenvalue weighted by atomic mass is 9.96. The van der Waals surface area contributed by atoms with Crippen LogP contribution in [-0.2, 0) is 0 Å². The largest absolute Gasteiger partial charge is 0.320 e. The van der Waals surface area contributed by atoms with Crippen LogP contribution >= 0.6 is 0 Å². The van der Waals surface area contributed by atoms with Gasteiger partial charge in [0.25, 0.3) is 0 Å². The molecule has 0 aliphatic rings. The Hall–Kier alpha value is 0.0249. The molecule has 0 spiro atoms. The van der Waals surface area contributed by atoms with Gasteiger partial charge in [-0.05, 0) is 18.8 Å². The fourth-order valence-corrected chi connectivity index (χ4v) is 0.607. The molecule has 0 saturated carbocycles. The Balaban J connectivity index is 3.38. The van der Waals surface area contributed by atoms with Gasteiger partial charge in [-0.3, -0.25) is 0 Å². The van der Waals surface area contributed by atoms with Gasteiger partial charge in [-0.2, -0.15) is 0 Å². The third-order valence-electron chi connectivity index (χ3n) is 1.53. The van der Waals surface area contributed by atoms with Crippen molar-refractivity contribution in [2.45, 2.75) is 39.7 Å². The second-order valence-electron chi connectivity index (χ2n) is 2.99. The molecule has 0 aromatic carbocycles. The van der Waals surface area contributed by atoms with Crippen LogP contribution < -0.4 is 5.32 Å². The fraction of sp³-hybridized carbons (Fsp3) is 1.00. The Bertz CT molecular complexity index is 71.3. The van der Waals surface area contributed by atoms with E-state index in [1.165, 1.54) is 0 Å². The van der Waals surface area contributed by atoms with Crippen LogP contribution in [0.4, 0.5) is 0 Å². The molecule has 2 radical (unpaired) electrons. The molecule has 0 bridgehead atoms. The first-order chi connectivity index (χ1) is 4.04. The molecule has 0 rings (SSSR count). The second-order valence-corrected chi connectivity index (χ2v) is 2.99. The lowest BCUT2D eigenvalue weighted by molar-refractivity contribution is 0.423. The standard InChI is InChI=1S/C7H16BN/c1-5(2)6(3)9-7(4)8/h5-7,9H,1-4H3. The lowest BCUT2D eigenvalue weighted by Crippen LogP contribution is -2.37. The molecule has 0 heterocycles. The summed E-state index contributed by atoms with van der Waals surface area (Å²) >= 11 is 0. The van der Waals surface area contributed by atoms with E-state index in [2.05, 4.69) is 26.1 Å². The van der Waals surface area contributed by atoms with Gasteiger partial charge in [0.05, 0.1) is 7.85 Å². The lowest BCUT2D eigenvalue weighted by Gasteiger charge is -2.20. The molecule has 0 aliphatic carbocycles. The molecular weight excluding hydrogens is 109 g/mol. The van der Waals surface area contributed by atoms with Gasteiger partial charge in [0.1, 0.15) is 0 Å². The zero-order chi connectivity index (χ0) is 7.44. The van der Waals surface area contributed by atoms with E-state index in [4.69, 9.17) is 7.85 Å². The van der Waals surface area contributed by atoms with Crippen molar-refractivity contribution in [2.75, 3.05) is 0 Å². The Morgan fingerprint density at radius 3 is 1.67 bits per heavy atom. The summed E-state index contributed by atoms with van der Waals surface area (Å²) in [5.74, 6) is 0.776. The molecule has 1 N–H and O–H groups in total. The Morgan fingerprint density at radius 2 is 1.56 bits per heavy atom. The van der Waals surface area contributed by atoms with Gasteiger partial charge >= 0.3 is 0 Å². The molecule has 2 unspecified atom stereocenters. The number of hydrogen-bond acceptors (Lipinski definition) is 1. The minimum absolute atomic E-state index is 0.113.